The molecule has 19 heavy (non-hydrogen) atoms. The number of aromatic nitrogens is 1. The number of para-hydroxylation sites is 1. The molecule has 0 aliphatic heterocycles. The van der Waals surface area contributed by atoms with E-state index in [1.54, 1.807) is 7.11 Å². The van der Waals surface area contributed by atoms with Crippen LogP contribution in [0.5, 0.6) is 0 Å². The number of aromatic amines is 1. The van der Waals surface area contributed by atoms with Crippen LogP contribution >= 0.6 is 0 Å². The molecule has 0 saturated heterocycles. The van der Waals surface area contributed by atoms with E-state index in [4.69, 9.17) is 4.74 Å². The van der Waals surface area contributed by atoms with Gasteiger partial charge in [0, 0.05) is 18.0 Å². The number of benzene rings is 1. The van der Waals surface area contributed by atoms with Gasteiger partial charge in [-0.1, -0.05) is 18.2 Å². The van der Waals surface area contributed by atoms with Crippen LogP contribution in [0, 0.1) is 0 Å². The Labute approximate surface area is 112 Å². The first kappa shape index (κ1) is 12.2. The van der Waals surface area contributed by atoms with Crippen LogP contribution in [0.3, 0.4) is 0 Å². The minimum absolute atomic E-state index is 0.0508. The summed E-state index contributed by atoms with van der Waals surface area (Å²) in [5, 5.41) is 4.12. The first-order chi connectivity index (χ1) is 9.28. The molecule has 1 saturated carbocycles. The van der Waals surface area contributed by atoms with Crippen molar-refractivity contribution in [3.05, 3.63) is 36.0 Å². The van der Waals surface area contributed by atoms with Crippen molar-refractivity contribution in [1.82, 2.24) is 10.3 Å². The topological polar surface area (TPSA) is 54.1 Å². The highest BCUT2D eigenvalue weighted by molar-refractivity contribution is 5.98. The van der Waals surface area contributed by atoms with E-state index in [1.807, 2.05) is 30.3 Å². The molecule has 4 heteroatoms. The van der Waals surface area contributed by atoms with Gasteiger partial charge in [0.05, 0.1) is 12.1 Å². The molecule has 0 unspecified atom stereocenters. The van der Waals surface area contributed by atoms with E-state index in [2.05, 4.69) is 10.3 Å². The van der Waals surface area contributed by atoms with Crippen molar-refractivity contribution in [3.8, 4) is 0 Å². The van der Waals surface area contributed by atoms with Gasteiger partial charge in [-0.3, -0.25) is 4.79 Å². The van der Waals surface area contributed by atoms with Crippen molar-refractivity contribution in [2.75, 3.05) is 7.11 Å². The smallest absolute Gasteiger partial charge is 0.268 e. The average molecular weight is 258 g/mol. The van der Waals surface area contributed by atoms with Gasteiger partial charge in [-0.2, -0.15) is 0 Å². The summed E-state index contributed by atoms with van der Waals surface area (Å²) in [5.74, 6) is -0.0508. The standard InChI is InChI=1S/C15H18N2O2/c1-19-14-8-4-7-12(14)17-15(18)13-9-10-5-2-3-6-11(10)16-13/h2-3,5-6,9,12,14,16H,4,7-8H2,1H3,(H,17,18)/t12-,14-/m1/s1. The van der Waals surface area contributed by atoms with Gasteiger partial charge in [0.2, 0.25) is 0 Å². The fourth-order valence-electron chi connectivity index (χ4n) is 2.82. The van der Waals surface area contributed by atoms with Gasteiger partial charge in [-0.05, 0) is 31.4 Å². The lowest BCUT2D eigenvalue weighted by molar-refractivity contribution is 0.0720. The first-order valence-electron chi connectivity index (χ1n) is 6.69. The van der Waals surface area contributed by atoms with Gasteiger partial charge in [0.1, 0.15) is 5.69 Å². The van der Waals surface area contributed by atoms with E-state index in [0.29, 0.717) is 5.69 Å². The van der Waals surface area contributed by atoms with Crippen molar-refractivity contribution in [2.24, 2.45) is 0 Å². The van der Waals surface area contributed by atoms with Crippen molar-refractivity contribution < 1.29 is 9.53 Å². The molecule has 2 atom stereocenters. The third kappa shape index (κ3) is 2.36. The minimum atomic E-state index is -0.0508. The maximum Gasteiger partial charge on any atom is 0.268 e. The zero-order valence-electron chi connectivity index (χ0n) is 11.0. The summed E-state index contributed by atoms with van der Waals surface area (Å²) in [6.45, 7) is 0. The van der Waals surface area contributed by atoms with Crippen LogP contribution in [0.2, 0.25) is 0 Å². The second-order valence-electron chi connectivity index (χ2n) is 5.06. The number of ether oxygens (including phenoxy) is 1. The summed E-state index contributed by atoms with van der Waals surface area (Å²) in [6.07, 6.45) is 3.27. The lowest BCUT2D eigenvalue weighted by Gasteiger charge is -2.19. The van der Waals surface area contributed by atoms with Crippen molar-refractivity contribution >= 4 is 16.8 Å². The predicted octanol–water partition coefficient (Wildman–Crippen LogP) is 2.47. The van der Waals surface area contributed by atoms with Crippen LogP contribution in [-0.4, -0.2) is 30.1 Å². The number of amides is 1. The van der Waals surface area contributed by atoms with Crippen molar-refractivity contribution in [3.63, 3.8) is 0 Å². The number of fused-ring (bicyclic) bond motifs is 1. The Morgan fingerprint density at radius 3 is 3.00 bits per heavy atom. The number of rotatable bonds is 3. The summed E-state index contributed by atoms with van der Waals surface area (Å²) in [5.41, 5.74) is 1.60. The molecule has 100 valence electrons. The SMILES string of the molecule is CO[C@@H]1CCC[C@H]1NC(=O)c1cc2ccccc2[nH]1. The molecule has 0 spiro atoms. The van der Waals surface area contributed by atoms with Crippen LogP contribution in [0.1, 0.15) is 29.8 Å². The number of nitrogens with one attached hydrogen (secondary N) is 2. The second kappa shape index (κ2) is 5.05. The summed E-state index contributed by atoms with van der Waals surface area (Å²) >= 11 is 0. The minimum Gasteiger partial charge on any atom is -0.379 e. The Kier molecular flexibility index (Phi) is 3.25. The number of carbonyl (C=O) groups excluding carboxylic acids is 1. The van der Waals surface area contributed by atoms with Gasteiger partial charge >= 0.3 is 0 Å². The molecule has 2 aromatic rings. The van der Waals surface area contributed by atoms with Gasteiger partial charge < -0.3 is 15.0 Å². The molecule has 0 bridgehead atoms. The quantitative estimate of drug-likeness (QED) is 0.888. The van der Waals surface area contributed by atoms with Gasteiger partial charge in [0.15, 0.2) is 0 Å². The Balaban J connectivity index is 1.76. The molecule has 1 aromatic carbocycles. The number of hydrogen-bond donors (Lipinski definition) is 2. The molecular formula is C15H18N2O2. The monoisotopic (exact) mass is 258 g/mol. The Bertz CT molecular complexity index is 558. The maximum atomic E-state index is 12.2. The zero-order chi connectivity index (χ0) is 13.2. The molecule has 1 amide bonds. The summed E-state index contributed by atoms with van der Waals surface area (Å²) < 4.78 is 5.39. The third-order valence-corrected chi connectivity index (χ3v) is 3.85. The van der Waals surface area contributed by atoms with Crippen LogP contribution in [0.15, 0.2) is 30.3 Å². The van der Waals surface area contributed by atoms with Crippen molar-refractivity contribution in [1.29, 1.82) is 0 Å². The number of H-pyrrole nitrogens is 1. The average Bonchev–Trinajstić information content (AvgIpc) is 3.03. The predicted molar refractivity (Wildman–Crippen MR) is 74.2 cm³/mol. The highest BCUT2D eigenvalue weighted by Crippen LogP contribution is 2.22. The largest absolute Gasteiger partial charge is 0.379 e. The number of hydrogen-bond acceptors (Lipinski definition) is 2. The molecule has 4 nitrogen and oxygen atoms in total. The molecular weight excluding hydrogens is 240 g/mol. The van der Waals surface area contributed by atoms with Gasteiger partial charge in [-0.25, -0.2) is 0 Å². The third-order valence-electron chi connectivity index (χ3n) is 3.85. The lowest BCUT2D eigenvalue weighted by Crippen LogP contribution is -2.40. The number of carbonyl (C=O) groups is 1. The molecule has 1 heterocycles. The van der Waals surface area contributed by atoms with E-state index < -0.39 is 0 Å². The molecule has 1 aromatic heterocycles. The fraction of sp³-hybridized carbons (Fsp3) is 0.400. The lowest BCUT2D eigenvalue weighted by atomic mass is 10.2. The number of methoxy groups -OCH3 is 1. The van der Waals surface area contributed by atoms with Crippen LogP contribution < -0.4 is 5.32 Å². The normalized spacial score (nSPS) is 22.8. The molecule has 1 aliphatic carbocycles. The van der Waals surface area contributed by atoms with Crippen molar-refractivity contribution in [2.45, 2.75) is 31.4 Å². The fourth-order valence-corrected chi connectivity index (χ4v) is 2.82. The summed E-state index contributed by atoms with van der Waals surface area (Å²) in [7, 11) is 1.71. The molecule has 0 radical (unpaired) electrons. The Morgan fingerprint density at radius 2 is 2.21 bits per heavy atom. The highest BCUT2D eigenvalue weighted by atomic mass is 16.5. The van der Waals surface area contributed by atoms with E-state index in [9.17, 15) is 4.79 Å². The van der Waals surface area contributed by atoms with Gasteiger partial charge in [-0.15, -0.1) is 0 Å². The van der Waals surface area contributed by atoms with E-state index in [0.717, 1.165) is 30.2 Å². The Morgan fingerprint density at radius 1 is 1.37 bits per heavy atom. The van der Waals surface area contributed by atoms with E-state index in [-0.39, 0.29) is 18.1 Å². The molecule has 3 rings (SSSR count). The second-order valence-corrected chi connectivity index (χ2v) is 5.06. The summed E-state index contributed by atoms with van der Waals surface area (Å²) in [4.78, 5) is 15.4. The highest BCUT2D eigenvalue weighted by Gasteiger charge is 2.28. The first-order valence-corrected chi connectivity index (χ1v) is 6.69. The van der Waals surface area contributed by atoms with Crippen LogP contribution in [0.4, 0.5) is 0 Å². The van der Waals surface area contributed by atoms with E-state index >= 15 is 0 Å². The molecule has 1 fully saturated rings. The molecule has 2 N–H and O–H groups in total. The van der Waals surface area contributed by atoms with Gasteiger partial charge in [0.25, 0.3) is 5.91 Å². The van der Waals surface area contributed by atoms with E-state index in [1.165, 1.54) is 0 Å². The molecule has 1 aliphatic rings. The zero-order valence-corrected chi connectivity index (χ0v) is 11.0. The van der Waals surface area contributed by atoms with Crippen LogP contribution in [-0.2, 0) is 4.74 Å². The summed E-state index contributed by atoms with van der Waals surface area (Å²) in [6, 6.07) is 9.91. The van der Waals surface area contributed by atoms with Crippen LogP contribution in [0.25, 0.3) is 10.9 Å². The Hall–Kier alpha value is -1.81. The maximum absolute atomic E-state index is 12.2.